The van der Waals surface area contributed by atoms with Crippen molar-refractivity contribution in [2.24, 2.45) is 0 Å². The number of hydrogen-bond donors (Lipinski definition) is 0. The molecule has 15 heavy (non-hydrogen) atoms. The second-order valence-corrected chi connectivity index (χ2v) is 5.43. The fourth-order valence-corrected chi connectivity index (χ4v) is 1.55. The van der Waals surface area contributed by atoms with Crippen molar-refractivity contribution in [1.29, 1.82) is 0 Å². The zero-order valence-electron chi connectivity index (χ0n) is 9.43. The van der Waals surface area contributed by atoms with Gasteiger partial charge in [-0.05, 0) is 44.7 Å². The molecule has 82 valence electrons. The van der Waals surface area contributed by atoms with Crippen molar-refractivity contribution in [2.75, 3.05) is 6.26 Å². The van der Waals surface area contributed by atoms with Gasteiger partial charge in [0.05, 0.1) is 4.75 Å². The molecule has 0 bridgehead atoms. The predicted molar refractivity (Wildman–Crippen MR) is 63.1 cm³/mol. The molecule has 1 nitrogen and oxygen atoms in total. The number of aryl methyl sites for hydroxylation is 1. The third-order valence-electron chi connectivity index (χ3n) is 2.50. The summed E-state index contributed by atoms with van der Waals surface area (Å²) >= 11 is 1.47. The first-order chi connectivity index (χ1) is 6.88. The second-order valence-electron chi connectivity index (χ2n) is 4.00. The Morgan fingerprint density at radius 1 is 1.40 bits per heavy atom. The molecule has 0 aliphatic carbocycles. The van der Waals surface area contributed by atoms with E-state index in [-0.39, 0.29) is 11.6 Å². The molecule has 0 saturated heterocycles. The number of rotatable bonds is 3. The highest BCUT2D eigenvalue weighted by molar-refractivity contribution is 8.00. The van der Waals surface area contributed by atoms with Crippen LogP contribution < -0.4 is 0 Å². The van der Waals surface area contributed by atoms with Gasteiger partial charge in [0.2, 0.25) is 0 Å². The van der Waals surface area contributed by atoms with Gasteiger partial charge >= 0.3 is 0 Å². The van der Waals surface area contributed by atoms with Crippen molar-refractivity contribution >= 4 is 17.5 Å². The van der Waals surface area contributed by atoms with E-state index in [4.69, 9.17) is 0 Å². The molecule has 0 aliphatic heterocycles. The Kier molecular flexibility index (Phi) is 3.55. The van der Waals surface area contributed by atoms with Crippen LogP contribution in [0.15, 0.2) is 18.2 Å². The zero-order chi connectivity index (χ0) is 11.6. The van der Waals surface area contributed by atoms with Crippen LogP contribution in [0.5, 0.6) is 0 Å². The summed E-state index contributed by atoms with van der Waals surface area (Å²) < 4.78 is 12.5. The molecule has 0 aliphatic rings. The van der Waals surface area contributed by atoms with Crippen LogP contribution in [0.3, 0.4) is 0 Å². The van der Waals surface area contributed by atoms with Crippen molar-refractivity contribution in [3.63, 3.8) is 0 Å². The second kappa shape index (κ2) is 4.35. The first-order valence-electron chi connectivity index (χ1n) is 4.74. The molecule has 0 aromatic heterocycles. The summed E-state index contributed by atoms with van der Waals surface area (Å²) in [6, 6.07) is 4.33. The van der Waals surface area contributed by atoms with Gasteiger partial charge in [0.15, 0.2) is 5.78 Å². The summed E-state index contributed by atoms with van der Waals surface area (Å²) in [6.07, 6.45) is 1.88. The van der Waals surface area contributed by atoms with Gasteiger partial charge in [-0.25, -0.2) is 4.39 Å². The van der Waals surface area contributed by atoms with Gasteiger partial charge in [-0.3, -0.25) is 4.79 Å². The van der Waals surface area contributed by atoms with Gasteiger partial charge in [0.1, 0.15) is 5.82 Å². The molecule has 0 fully saturated rings. The minimum absolute atomic E-state index is 0.0213. The van der Waals surface area contributed by atoms with Gasteiger partial charge in [0.25, 0.3) is 0 Å². The topological polar surface area (TPSA) is 17.1 Å². The van der Waals surface area contributed by atoms with E-state index in [2.05, 4.69) is 0 Å². The maximum atomic E-state index is 13.0. The van der Waals surface area contributed by atoms with Crippen LogP contribution >= 0.6 is 11.8 Å². The smallest absolute Gasteiger partial charge is 0.178 e. The Bertz CT molecular complexity index is 385. The van der Waals surface area contributed by atoms with Crippen molar-refractivity contribution < 1.29 is 9.18 Å². The molecule has 0 unspecified atom stereocenters. The van der Waals surface area contributed by atoms with Crippen molar-refractivity contribution in [2.45, 2.75) is 25.5 Å². The van der Waals surface area contributed by atoms with Gasteiger partial charge in [-0.1, -0.05) is 6.07 Å². The van der Waals surface area contributed by atoms with E-state index in [1.54, 1.807) is 6.07 Å². The van der Waals surface area contributed by atoms with Crippen LogP contribution in [0.2, 0.25) is 0 Å². The minimum atomic E-state index is -0.501. The zero-order valence-corrected chi connectivity index (χ0v) is 10.2. The van der Waals surface area contributed by atoms with Crippen molar-refractivity contribution in [1.82, 2.24) is 0 Å². The van der Waals surface area contributed by atoms with E-state index < -0.39 is 4.75 Å². The van der Waals surface area contributed by atoms with Crippen LogP contribution in [-0.2, 0) is 0 Å². The lowest BCUT2D eigenvalue weighted by Gasteiger charge is -2.21. The lowest BCUT2D eigenvalue weighted by atomic mass is 9.96. The number of ketones is 1. The van der Waals surface area contributed by atoms with Gasteiger partial charge < -0.3 is 0 Å². The largest absolute Gasteiger partial charge is 0.293 e. The van der Waals surface area contributed by atoms with E-state index >= 15 is 0 Å². The third kappa shape index (κ3) is 2.59. The van der Waals surface area contributed by atoms with Crippen LogP contribution in [0.4, 0.5) is 4.39 Å². The third-order valence-corrected chi connectivity index (χ3v) is 3.71. The van der Waals surface area contributed by atoms with Gasteiger partial charge in [0, 0.05) is 5.56 Å². The minimum Gasteiger partial charge on any atom is -0.293 e. The first kappa shape index (κ1) is 12.2. The van der Waals surface area contributed by atoms with E-state index in [1.165, 1.54) is 23.9 Å². The summed E-state index contributed by atoms with van der Waals surface area (Å²) in [5.41, 5.74) is 1.30. The average molecular weight is 226 g/mol. The molecule has 0 N–H and O–H groups in total. The van der Waals surface area contributed by atoms with Gasteiger partial charge in [-0.2, -0.15) is 11.8 Å². The normalized spacial score (nSPS) is 11.5. The number of carbonyl (C=O) groups excluding carboxylic acids is 1. The predicted octanol–water partition coefficient (Wildman–Crippen LogP) is 3.46. The number of carbonyl (C=O) groups is 1. The molecule has 0 radical (unpaired) electrons. The van der Waals surface area contributed by atoms with E-state index in [1.807, 2.05) is 27.0 Å². The van der Waals surface area contributed by atoms with Crippen LogP contribution in [0.25, 0.3) is 0 Å². The molecular formula is C12H15FOS. The molecule has 0 saturated carbocycles. The summed E-state index contributed by atoms with van der Waals surface area (Å²) in [7, 11) is 0. The maximum absolute atomic E-state index is 13.0. The Labute approximate surface area is 94.1 Å². The fourth-order valence-electron chi connectivity index (χ4n) is 1.26. The van der Waals surface area contributed by atoms with Crippen molar-refractivity contribution in [3.05, 3.63) is 35.1 Å². The van der Waals surface area contributed by atoms with E-state index in [9.17, 15) is 9.18 Å². The number of hydrogen-bond acceptors (Lipinski definition) is 2. The van der Waals surface area contributed by atoms with Crippen LogP contribution in [-0.4, -0.2) is 16.8 Å². The van der Waals surface area contributed by atoms with Crippen LogP contribution in [0.1, 0.15) is 29.8 Å². The lowest BCUT2D eigenvalue weighted by molar-refractivity contribution is 0.0957. The molecule has 1 rings (SSSR count). The molecule has 0 heterocycles. The monoisotopic (exact) mass is 226 g/mol. The van der Waals surface area contributed by atoms with Crippen LogP contribution in [0, 0.1) is 12.7 Å². The summed E-state index contributed by atoms with van der Waals surface area (Å²) in [4.78, 5) is 12.1. The standard InChI is InChI=1S/C12H15FOS/c1-8-5-6-9(13)7-10(8)11(14)12(2,3)15-4/h5-7H,1-4H3. The summed E-state index contributed by atoms with van der Waals surface area (Å²) in [5, 5.41) is 0. The fraction of sp³-hybridized carbons (Fsp3) is 0.417. The number of halogens is 1. The Morgan fingerprint density at radius 2 is 2.00 bits per heavy atom. The molecular weight excluding hydrogens is 211 g/mol. The number of benzene rings is 1. The Hall–Kier alpha value is -0.830. The van der Waals surface area contributed by atoms with E-state index in [0.717, 1.165) is 5.56 Å². The van der Waals surface area contributed by atoms with Gasteiger partial charge in [-0.15, -0.1) is 0 Å². The SMILES string of the molecule is CSC(C)(C)C(=O)c1cc(F)ccc1C. The Morgan fingerprint density at radius 3 is 2.53 bits per heavy atom. The van der Waals surface area contributed by atoms with Crippen molar-refractivity contribution in [3.8, 4) is 0 Å². The number of thioether (sulfide) groups is 1. The van der Waals surface area contributed by atoms with E-state index in [0.29, 0.717) is 5.56 Å². The summed E-state index contributed by atoms with van der Waals surface area (Å²) in [6.45, 7) is 5.53. The highest BCUT2D eigenvalue weighted by Gasteiger charge is 2.28. The molecule has 3 heteroatoms. The molecule has 0 spiro atoms. The average Bonchev–Trinajstić information content (AvgIpc) is 2.20. The molecule has 1 aromatic rings. The highest BCUT2D eigenvalue weighted by Crippen LogP contribution is 2.27. The number of Topliss-reactive ketones (excluding diaryl/α,β-unsaturated/α-hetero) is 1. The Balaban J connectivity index is 3.17. The quantitative estimate of drug-likeness (QED) is 0.734. The highest BCUT2D eigenvalue weighted by atomic mass is 32.2. The summed E-state index contributed by atoms with van der Waals surface area (Å²) in [5.74, 6) is -0.382. The molecule has 1 aromatic carbocycles. The maximum Gasteiger partial charge on any atom is 0.178 e. The molecule has 0 atom stereocenters. The molecule has 0 amide bonds. The first-order valence-corrected chi connectivity index (χ1v) is 5.97. The lowest BCUT2D eigenvalue weighted by Crippen LogP contribution is -2.28.